The minimum absolute atomic E-state index is 0.0172. The molecule has 0 fully saturated rings. The molecule has 1 N–H and O–H groups in total. The highest BCUT2D eigenvalue weighted by Crippen LogP contribution is 2.26. The standard InChI is InChI=1S/C24H31NO2S/c1-3-23(27-22-12-11-20-9-4-5-10-21(20)16-22)24(26)25-13-14-28-17-19-8-6-7-18(2)15-19/h6-8,11-12,15-16,23H,3-5,9-10,13-14,17H2,1-2H3,(H,25,26)/t23-/m1/s1. The van der Waals surface area contributed by atoms with Crippen molar-refractivity contribution in [2.75, 3.05) is 12.3 Å². The third-order valence-electron chi connectivity index (χ3n) is 5.16. The van der Waals surface area contributed by atoms with Crippen molar-refractivity contribution in [3.05, 3.63) is 64.7 Å². The van der Waals surface area contributed by atoms with Crippen molar-refractivity contribution in [2.24, 2.45) is 0 Å². The van der Waals surface area contributed by atoms with Crippen LogP contribution in [0.2, 0.25) is 0 Å². The molecule has 0 radical (unpaired) electrons. The predicted molar refractivity (Wildman–Crippen MR) is 118 cm³/mol. The number of benzene rings is 2. The van der Waals surface area contributed by atoms with Crippen LogP contribution in [0.25, 0.3) is 0 Å². The summed E-state index contributed by atoms with van der Waals surface area (Å²) in [6.45, 7) is 4.77. The minimum atomic E-state index is -0.427. The van der Waals surface area contributed by atoms with Gasteiger partial charge in [-0.25, -0.2) is 0 Å². The first-order valence-corrected chi connectivity index (χ1v) is 11.5. The molecule has 0 spiro atoms. The average molecular weight is 398 g/mol. The molecule has 0 unspecified atom stereocenters. The second-order valence-corrected chi connectivity index (χ2v) is 8.59. The summed E-state index contributed by atoms with van der Waals surface area (Å²) in [5, 5.41) is 3.03. The highest BCUT2D eigenvalue weighted by atomic mass is 32.2. The number of rotatable bonds is 9. The summed E-state index contributed by atoms with van der Waals surface area (Å²) in [5.41, 5.74) is 5.43. The highest BCUT2D eigenvalue weighted by molar-refractivity contribution is 7.98. The zero-order valence-electron chi connectivity index (χ0n) is 17.0. The van der Waals surface area contributed by atoms with Gasteiger partial charge in [0, 0.05) is 18.1 Å². The Balaban J connectivity index is 1.42. The number of carbonyl (C=O) groups excluding carboxylic acids is 1. The van der Waals surface area contributed by atoms with E-state index in [2.05, 4.69) is 48.6 Å². The van der Waals surface area contributed by atoms with Crippen molar-refractivity contribution >= 4 is 17.7 Å². The van der Waals surface area contributed by atoms with E-state index in [1.807, 2.05) is 24.8 Å². The van der Waals surface area contributed by atoms with E-state index in [4.69, 9.17) is 4.74 Å². The van der Waals surface area contributed by atoms with E-state index in [0.717, 1.165) is 30.1 Å². The topological polar surface area (TPSA) is 38.3 Å². The van der Waals surface area contributed by atoms with Gasteiger partial charge in [-0.05, 0) is 67.9 Å². The first-order valence-electron chi connectivity index (χ1n) is 10.3. The lowest BCUT2D eigenvalue weighted by atomic mass is 9.92. The number of hydrogen-bond acceptors (Lipinski definition) is 3. The monoisotopic (exact) mass is 397 g/mol. The van der Waals surface area contributed by atoms with Crippen molar-refractivity contribution in [1.29, 1.82) is 0 Å². The second kappa shape index (κ2) is 10.6. The molecule has 0 heterocycles. The number of ether oxygens (including phenoxy) is 1. The van der Waals surface area contributed by atoms with Gasteiger partial charge in [0.05, 0.1) is 0 Å². The van der Waals surface area contributed by atoms with Gasteiger partial charge in [0.15, 0.2) is 6.10 Å². The molecular formula is C24H31NO2S. The summed E-state index contributed by atoms with van der Waals surface area (Å²) in [4.78, 5) is 12.5. The van der Waals surface area contributed by atoms with Crippen LogP contribution >= 0.6 is 11.8 Å². The fourth-order valence-electron chi connectivity index (χ4n) is 3.62. The Hall–Kier alpha value is -1.94. The maximum Gasteiger partial charge on any atom is 0.261 e. The fourth-order valence-corrected chi connectivity index (χ4v) is 4.43. The summed E-state index contributed by atoms with van der Waals surface area (Å²) >= 11 is 1.84. The molecule has 1 aliphatic carbocycles. The SMILES string of the molecule is CC[C@@H](Oc1ccc2c(c1)CCCC2)C(=O)NCCSCc1cccc(C)c1. The lowest BCUT2D eigenvalue weighted by molar-refractivity contribution is -0.127. The summed E-state index contributed by atoms with van der Waals surface area (Å²) < 4.78 is 6.01. The third kappa shape index (κ3) is 6.03. The Morgan fingerprint density at radius 3 is 2.75 bits per heavy atom. The van der Waals surface area contributed by atoms with Gasteiger partial charge in [0.2, 0.25) is 0 Å². The van der Waals surface area contributed by atoms with Crippen LogP contribution in [0.15, 0.2) is 42.5 Å². The molecule has 0 aromatic heterocycles. The first kappa shape index (κ1) is 20.8. The lowest BCUT2D eigenvalue weighted by Gasteiger charge is -2.20. The third-order valence-corrected chi connectivity index (χ3v) is 6.19. The fraction of sp³-hybridized carbons (Fsp3) is 0.458. The first-order chi connectivity index (χ1) is 13.7. The Morgan fingerprint density at radius 1 is 1.14 bits per heavy atom. The normalized spacial score (nSPS) is 14.2. The van der Waals surface area contributed by atoms with Crippen LogP contribution in [-0.4, -0.2) is 24.3 Å². The molecule has 2 aromatic carbocycles. The Bertz CT molecular complexity index is 790. The average Bonchev–Trinajstić information content (AvgIpc) is 2.71. The van der Waals surface area contributed by atoms with Crippen molar-refractivity contribution in [3.8, 4) is 5.75 Å². The molecule has 1 aliphatic rings. The second-order valence-electron chi connectivity index (χ2n) is 7.49. The van der Waals surface area contributed by atoms with Gasteiger partial charge in [0.25, 0.3) is 5.91 Å². The quantitative estimate of drug-likeness (QED) is 0.600. The molecular weight excluding hydrogens is 366 g/mol. The van der Waals surface area contributed by atoms with E-state index in [9.17, 15) is 4.79 Å². The number of fused-ring (bicyclic) bond motifs is 1. The largest absolute Gasteiger partial charge is 0.481 e. The van der Waals surface area contributed by atoms with Gasteiger partial charge < -0.3 is 10.1 Å². The van der Waals surface area contributed by atoms with Crippen LogP contribution in [0, 0.1) is 6.92 Å². The summed E-state index contributed by atoms with van der Waals surface area (Å²) in [7, 11) is 0. The number of thioether (sulfide) groups is 1. The Labute approximate surface area is 173 Å². The Morgan fingerprint density at radius 2 is 1.96 bits per heavy atom. The number of amides is 1. The molecule has 0 saturated carbocycles. The molecule has 0 aliphatic heterocycles. The van der Waals surface area contributed by atoms with E-state index in [1.54, 1.807) is 0 Å². The predicted octanol–water partition coefficient (Wildman–Crippen LogP) is 5.08. The van der Waals surface area contributed by atoms with Crippen LogP contribution in [-0.2, 0) is 23.4 Å². The molecule has 4 heteroatoms. The van der Waals surface area contributed by atoms with Gasteiger partial charge in [-0.1, -0.05) is 42.8 Å². The van der Waals surface area contributed by atoms with Crippen molar-refractivity contribution in [2.45, 2.75) is 57.8 Å². The minimum Gasteiger partial charge on any atom is -0.481 e. The van der Waals surface area contributed by atoms with Gasteiger partial charge in [-0.3, -0.25) is 4.79 Å². The molecule has 3 nitrogen and oxygen atoms in total. The molecule has 2 aromatic rings. The number of aryl methyl sites for hydroxylation is 3. The smallest absolute Gasteiger partial charge is 0.261 e. The molecule has 0 bridgehead atoms. The van der Waals surface area contributed by atoms with Crippen molar-refractivity contribution in [1.82, 2.24) is 5.32 Å². The van der Waals surface area contributed by atoms with Gasteiger partial charge in [-0.15, -0.1) is 0 Å². The number of nitrogens with one attached hydrogen (secondary N) is 1. The van der Waals surface area contributed by atoms with Gasteiger partial charge >= 0.3 is 0 Å². The molecule has 1 amide bonds. The zero-order valence-corrected chi connectivity index (χ0v) is 17.8. The molecule has 28 heavy (non-hydrogen) atoms. The maximum absolute atomic E-state index is 12.5. The molecule has 3 rings (SSSR count). The van der Waals surface area contributed by atoms with E-state index < -0.39 is 6.10 Å². The Kier molecular flexibility index (Phi) is 7.84. The van der Waals surface area contributed by atoms with E-state index in [0.29, 0.717) is 13.0 Å². The maximum atomic E-state index is 12.5. The van der Waals surface area contributed by atoms with Crippen LogP contribution < -0.4 is 10.1 Å². The summed E-state index contributed by atoms with van der Waals surface area (Å²) in [5.74, 6) is 2.67. The summed E-state index contributed by atoms with van der Waals surface area (Å²) in [6, 6.07) is 14.9. The number of hydrogen-bond donors (Lipinski definition) is 1. The van der Waals surface area contributed by atoms with Crippen LogP contribution in [0.1, 0.15) is 48.4 Å². The van der Waals surface area contributed by atoms with Crippen molar-refractivity contribution in [3.63, 3.8) is 0 Å². The summed E-state index contributed by atoms with van der Waals surface area (Å²) in [6.07, 6.45) is 5.03. The van der Waals surface area contributed by atoms with Crippen molar-refractivity contribution < 1.29 is 9.53 Å². The molecule has 1 atom stereocenters. The van der Waals surface area contributed by atoms with Crippen LogP contribution in [0.4, 0.5) is 0 Å². The lowest BCUT2D eigenvalue weighted by Crippen LogP contribution is -2.39. The highest BCUT2D eigenvalue weighted by Gasteiger charge is 2.19. The molecule has 150 valence electrons. The zero-order chi connectivity index (χ0) is 19.8. The molecule has 0 saturated heterocycles. The van der Waals surface area contributed by atoms with Crippen LogP contribution in [0.5, 0.6) is 5.75 Å². The van der Waals surface area contributed by atoms with E-state index >= 15 is 0 Å². The number of carbonyl (C=O) groups is 1. The van der Waals surface area contributed by atoms with Gasteiger partial charge in [-0.2, -0.15) is 11.8 Å². The van der Waals surface area contributed by atoms with E-state index in [1.165, 1.54) is 35.1 Å². The van der Waals surface area contributed by atoms with Crippen LogP contribution in [0.3, 0.4) is 0 Å². The van der Waals surface area contributed by atoms with Gasteiger partial charge in [0.1, 0.15) is 5.75 Å². The van der Waals surface area contributed by atoms with E-state index in [-0.39, 0.29) is 5.91 Å².